The van der Waals surface area contributed by atoms with Crippen molar-refractivity contribution in [2.24, 2.45) is 0 Å². The van der Waals surface area contributed by atoms with Crippen LogP contribution in [0.5, 0.6) is 0 Å². The number of hydrogen-bond acceptors (Lipinski definition) is 0. The smallest absolute Gasteiger partial charge is 0.0677 e. The van der Waals surface area contributed by atoms with Crippen LogP contribution in [0.1, 0.15) is 131 Å². The topological polar surface area (TPSA) is 0 Å². The molecular formula is C41H50Br2. The molecule has 2 heteroatoms. The Morgan fingerprint density at radius 3 is 1.70 bits per heavy atom. The molecule has 0 fully saturated rings. The second-order valence-electron chi connectivity index (χ2n) is 12.8. The third-order valence-corrected chi connectivity index (χ3v) is 10.9. The van der Waals surface area contributed by atoms with Crippen molar-refractivity contribution in [2.75, 3.05) is 0 Å². The van der Waals surface area contributed by atoms with Gasteiger partial charge in [-0.1, -0.05) is 177 Å². The SMILES string of the molecule is CCCCCCCCc1ccc(C2(c3ccc(CCCCCCCC)cc3)C3=C(C=CC(Br)C3)c3ccc(Br)cc32)cc1. The van der Waals surface area contributed by atoms with Crippen LogP contribution in [0.2, 0.25) is 0 Å². The molecule has 0 radical (unpaired) electrons. The number of allylic oxidation sites excluding steroid dienone is 4. The summed E-state index contributed by atoms with van der Waals surface area (Å²) in [4.78, 5) is 0.349. The van der Waals surface area contributed by atoms with Gasteiger partial charge in [0.25, 0.3) is 0 Å². The fourth-order valence-electron chi connectivity index (χ4n) is 7.39. The van der Waals surface area contributed by atoms with Crippen molar-refractivity contribution >= 4 is 37.4 Å². The highest BCUT2D eigenvalue weighted by Crippen LogP contribution is 2.58. The Bertz CT molecular complexity index is 1320. The summed E-state index contributed by atoms with van der Waals surface area (Å²) in [5.41, 5.74) is 11.1. The van der Waals surface area contributed by atoms with Gasteiger partial charge in [-0.2, -0.15) is 0 Å². The maximum absolute atomic E-state index is 3.98. The maximum atomic E-state index is 3.98. The van der Waals surface area contributed by atoms with Crippen molar-refractivity contribution in [1.29, 1.82) is 0 Å². The van der Waals surface area contributed by atoms with E-state index in [2.05, 4.69) is 125 Å². The molecule has 0 saturated carbocycles. The van der Waals surface area contributed by atoms with E-state index in [1.54, 1.807) is 0 Å². The molecule has 0 N–H and O–H groups in total. The molecule has 1 atom stereocenters. The summed E-state index contributed by atoms with van der Waals surface area (Å²) in [7, 11) is 0. The Balaban J connectivity index is 1.47. The summed E-state index contributed by atoms with van der Waals surface area (Å²) in [6, 6.07) is 26.4. The molecule has 1 unspecified atom stereocenters. The van der Waals surface area contributed by atoms with Crippen LogP contribution in [0, 0.1) is 0 Å². The van der Waals surface area contributed by atoms with E-state index in [0.29, 0.717) is 4.83 Å². The maximum Gasteiger partial charge on any atom is 0.0677 e. The molecule has 43 heavy (non-hydrogen) atoms. The Labute approximate surface area is 278 Å². The van der Waals surface area contributed by atoms with E-state index in [9.17, 15) is 0 Å². The molecule has 0 aromatic heterocycles. The van der Waals surface area contributed by atoms with E-state index < -0.39 is 0 Å². The van der Waals surface area contributed by atoms with Gasteiger partial charge in [-0.3, -0.25) is 0 Å². The summed E-state index contributed by atoms with van der Waals surface area (Å²) in [5.74, 6) is 0. The van der Waals surface area contributed by atoms with Crippen LogP contribution in [0.4, 0.5) is 0 Å². The number of halogens is 2. The van der Waals surface area contributed by atoms with Crippen LogP contribution in [0.3, 0.4) is 0 Å². The van der Waals surface area contributed by atoms with Gasteiger partial charge in [-0.15, -0.1) is 0 Å². The number of alkyl halides is 1. The third-order valence-electron chi connectivity index (χ3n) is 9.74. The number of fused-ring (bicyclic) bond motifs is 2. The quantitative estimate of drug-likeness (QED) is 0.103. The van der Waals surface area contributed by atoms with Gasteiger partial charge in [0.15, 0.2) is 0 Å². The molecule has 0 spiro atoms. The monoisotopic (exact) mass is 700 g/mol. The number of hydrogen-bond donors (Lipinski definition) is 0. The van der Waals surface area contributed by atoms with E-state index in [-0.39, 0.29) is 5.41 Å². The Morgan fingerprint density at radius 1 is 0.651 bits per heavy atom. The molecular weight excluding hydrogens is 652 g/mol. The first-order chi connectivity index (χ1) is 21.1. The molecule has 0 aliphatic heterocycles. The van der Waals surface area contributed by atoms with Crippen LogP contribution in [0.15, 0.2) is 88.9 Å². The average Bonchev–Trinajstić information content (AvgIpc) is 3.30. The number of rotatable bonds is 16. The Kier molecular flexibility index (Phi) is 12.0. The predicted octanol–water partition coefficient (Wildman–Crippen LogP) is 13.1. The fourth-order valence-corrected chi connectivity index (χ4v) is 8.23. The standard InChI is InChI=1S/C41H50Br2/c1-3-5-7-9-11-13-15-31-17-21-33(22-18-31)41(34-23-19-32(20-24-34)16-14-12-10-8-6-4-2)39-29-35(42)25-27-37(39)38-28-26-36(43)30-40(38)41/h17-29,36H,3-16,30H2,1-2H3. The Hall–Kier alpha value is -1.90. The lowest BCUT2D eigenvalue weighted by atomic mass is 9.65. The minimum Gasteiger partial charge on any atom is -0.0842 e. The molecule has 228 valence electrons. The van der Waals surface area contributed by atoms with Crippen molar-refractivity contribution in [3.63, 3.8) is 0 Å². The summed E-state index contributed by atoms with van der Waals surface area (Å²) < 4.78 is 1.15. The van der Waals surface area contributed by atoms with E-state index >= 15 is 0 Å². The van der Waals surface area contributed by atoms with Crippen molar-refractivity contribution in [1.82, 2.24) is 0 Å². The second kappa shape index (κ2) is 15.9. The van der Waals surface area contributed by atoms with Gasteiger partial charge in [0.2, 0.25) is 0 Å². The summed E-state index contributed by atoms with van der Waals surface area (Å²) in [6.07, 6.45) is 24.2. The number of unbranched alkanes of at least 4 members (excludes halogenated alkanes) is 10. The zero-order chi connectivity index (χ0) is 30.1. The molecule has 0 nitrogen and oxygen atoms in total. The predicted molar refractivity (Wildman–Crippen MR) is 194 cm³/mol. The summed E-state index contributed by atoms with van der Waals surface area (Å²) in [5, 5.41) is 0. The van der Waals surface area contributed by atoms with Gasteiger partial charge in [-0.05, 0) is 88.8 Å². The van der Waals surface area contributed by atoms with E-state index in [1.807, 2.05) is 0 Å². The molecule has 0 bridgehead atoms. The lowest BCUT2D eigenvalue weighted by Crippen LogP contribution is -2.31. The second-order valence-corrected chi connectivity index (χ2v) is 14.9. The first-order valence-corrected chi connectivity index (χ1v) is 18.8. The first-order valence-electron chi connectivity index (χ1n) is 17.1. The lowest BCUT2D eigenvalue weighted by molar-refractivity contribution is 0.607. The zero-order valence-corrected chi connectivity index (χ0v) is 29.6. The van der Waals surface area contributed by atoms with Gasteiger partial charge in [0.1, 0.15) is 0 Å². The van der Waals surface area contributed by atoms with Crippen LogP contribution >= 0.6 is 31.9 Å². The fraction of sp³-hybridized carbons (Fsp3) is 0.463. The van der Waals surface area contributed by atoms with Gasteiger partial charge in [-0.25, -0.2) is 0 Å². The minimum absolute atomic E-state index is 0.289. The summed E-state index contributed by atoms with van der Waals surface area (Å²) >= 11 is 7.83. The number of benzene rings is 3. The highest BCUT2D eigenvalue weighted by atomic mass is 79.9. The average molecular weight is 703 g/mol. The first kappa shape index (κ1) is 32.5. The van der Waals surface area contributed by atoms with E-state index in [4.69, 9.17) is 0 Å². The van der Waals surface area contributed by atoms with Crippen molar-refractivity contribution in [2.45, 2.75) is 120 Å². The summed E-state index contributed by atoms with van der Waals surface area (Å²) in [6.45, 7) is 4.59. The molecule has 0 amide bonds. The van der Waals surface area contributed by atoms with Gasteiger partial charge in [0, 0.05) is 9.30 Å². The normalized spacial score (nSPS) is 16.9. The van der Waals surface area contributed by atoms with E-state index in [0.717, 1.165) is 10.9 Å². The molecule has 0 saturated heterocycles. The largest absolute Gasteiger partial charge is 0.0842 e. The number of aryl methyl sites for hydroxylation is 2. The molecule has 3 aromatic rings. The van der Waals surface area contributed by atoms with Crippen molar-refractivity contribution in [3.05, 3.63) is 122 Å². The van der Waals surface area contributed by atoms with Gasteiger partial charge in [0.05, 0.1) is 5.41 Å². The molecule has 2 aliphatic rings. The van der Waals surface area contributed by atoms with Crippen molar-refractivity contribution in [3.8, 4) is 0 Å². The highest BCUT2D eigenvalue weighted by Gasteiger charge is 2.48. The molecule has 5 rings (SSSR count). The van der Waals surface area contributed by atoms with Crippen LogP contribution in [-0.2, 0) is 18.3 Å². The zero-order valence-electron chi connectivity index (χ0n) is 26.4. The third kappa shape index (κ3) is 7.50. The van der Waals surface area contributed by atoms with Crippen molar-refractivity contribution < 1.29 is 0 Å². The van der Waals surface area contributed by atoms with Crippen LogP contribution in [0.25, 0.3) is 5.57 Å². The molecule has 0 heterocycles. The van der Waals surface area contributed by atoms with E-state index in [1.165, 1.54) is 134 Å². The van der Waals surface area contributed by atoms with Gasteiger partial charge < -0.3 is 0 Å². The Morgan fingerprint density at radius 2 is 1.16 bits per heavy atom. The minimum atomic E-state index is -0.289. The van der Waals surface area contributed by atoms with Crippen LogP contribution in [-0.4, -0.2) is 4.83 Å². The lowest BCUT2D eigenvalue weighted by Gasteiger charge is -2.37. The molecule has 2 aliphatic carbocycles. The van der Waals surface area contributed by atoms with Gasteiger partial charge >= 0.3 is 0 Å². The van der Waals surface area contributed by atoms with Crippen LogP contribution < -0.4 is 0 Å². The highest BCUT2D eigenvalue weighted by molar-refractivity contribution is 9.10. The molecule has 3 aromatic carbocycles.